The predicted octanol–water partition coefficient (Wildman–Crippen LogP) is 5.93. The van der Waals surface area contributed by atoms with E-state index >= 15 is 0 Å². The summed E-state index contributed by atoms with van der Waals surface area (Å²) in [7, 11) is -2.63. The van der Waals surface area contributed by atoms with Crippen LogP contribution in [0, 0.1) is 23.7 Å². The van der Waals surface area contributed by atoms with Gasteiger partial charge in [-0.25, -0.2) is 0 Å². The van der Waals surface area contributed by atoms with E-state index < -0.39 is 8.32 Å². The Hall–Kier alpha value is -2.23. The second kappa shape index (κ2) is 9.56. The number of hydrogen-bond acceptors (Lipinski definition) is 2. The lowest BCUT2D eigenvalue weighted by Gasteiger charge is -2.46. The Balaban J connectivity index is 1.81. The van der Waals surface area contributed by atoms with Gasteiger partial charge < -0.3 is 4.43 Å². The van der Waals surface area contributed by atoms with E-state index in [4.69, 9.17) is 4.43 Å². The molecule has 0 bridgehead atoms. The predicted molar refractivity (Wildman–Crippen MR) is 140 cm³/mol. The molecule has 0 heterocycles. The SMILES string of the molecule is C=CC[C@@H]1[C@@H]2[C@@H](CC(=O)[C@H]2CC=C)C[C@H]1O[Si](c1ccccc1)(c1ccccc1)C(C)(C)C. The molecule has 2 saturated carbocycles. The second-order valence-electron chi connectivity index (χ2n) is 10.9. The van der Waals surface area contributed by atoms with Gasteiger partial charge in [0.1, 0.15) is 5.78 Å². The Labute approximate surface area is 200 Å². The Kier molecular flexibility index (Phi) is 6.92. The Morgan fingerprint density at radius 1 is 0.939 bits per heavy atom. The van der Waals surface area contributed by atoms with Crippen molar-refractivity contribution in [1.29, 1.82) is 0 Å². The van der Waals surface area contributed by atoms with E-state index in [1.165, 1.54) is 10.4 Å². The fraction of sp³-hybridized carbons (Fsp3) is 0.433. The Morgan fingerprint density at radius 2 is 1.48 bits per heavy atom. The van der Waals surface area contributed by atoms with Gasteiger partial charge in [0.15, 0.2) is 0 Å². The van der Waals surface area contributed by atoms with Crippen LogP contribution in [0.1, 0.15) is 46.5 Å². The molecule has 3 heteroatoms. The third-order valence-electron chi connectivity index (χ3n) is 8.00. The number of ketones is 1. The van der Waals surface area contributed by atoms with Gasteiger partial charge in [0, 0.05) is 18.4 Å². The van der Waals surface area contributed by atoms with E-state index in [9.17, 15) is 4.79 Å². The lowest BCUT2D eigenvalue weighted by atomic mass is 9.80. The number of fused-ring (bicyclic) bond motifs is 1. The molecular formula is C30H38O2Si. The number of Topliss-reactive ketones (excluding diaryl/α,β-unsaturated/α-hetero) is 1. The minimum Gasteiger partial charge on any atom is -0.404 e. The van der Waals surface area contributed by atoms with E-state index in [0.29, 0.717) is 30.0 Å². The number of carbonyl (C=O) groups excluding carboxylic acids is 1. The summed E-state index contributed by atoms with van der Waals surface area (Å²) in [4.78, 5) is 12.8. The number of allylic oxidation sites excluding steroid dienone is 2. The van der Waals surface area contributed by atoms with Gasteiger partial charge in [-0.1, -0.05) is 93.6 Å². The lowest BCUT2D eigenvalue weighted by molar-refractivity contribution is -0.121. The highest BCUT2D eigenvalue weighted by Gasteiger charge is 2.57. The van der Waals surface area contributed by atoms with Crippen LogP contribution < -0.4 is 10.4 Å². The van der Waals surface area contributed by atoms with Gasteiger partial charge >= 0.3 is 0 Å². The van der Waals surface area contributed by atoms with E-state index in [1.54, 1.807) is 0 Å². The summed E-state index contributed by atoms with van der Waals surface area (Å²) >= 11 is 0. The van der Waals surface area contributed by atoms with Crippen molar-refractivity contribution in [2.75, 3.05) is 0 Å². The van der Waals surface area contributed by atoms with Crippen LogP contribution in [0.15, 0.2) is 86.0 Å². The molecule has 0 aromatic heterocycles. The molecule has 0 spiro atoms. The van der Waals surface area contributed by atoms with E-state index in [1.807, 2.05) is 12.2 Å². The molecule has 0 N–H and O–H groups in total. The van der Waals surface area contributed by atoms with Crippen LogP contribution in [-0.4, -0.2) is 20.2 Å². The van der Waals surface area contributed by atoms with Crippen molar-refractivity contribution in [2.24, 2.45) is 23.7 Å². The van der Waals surface area contributed by atoms with Crippen LogP contribution in [0.2, 0.25) is 5.04 Å². The molecule has 5 atom stereocenters. The minimum atomic E-state index is -2.63. The first-order valence-electron chi connectivity index (χ1n) is 12.4. The van der Waals surface area contributed by atoms with Gasteiger partial charge in [0.05, 0.1) is 0 Å². The fourth-order valence-corrected chi connectivity index (χ4v) is 11.5. The fourth-order valence-electron chi connectivity index (χ4n) is 6.72. The van der Waals surface area contributed by atoms with Crippen molar-refractivity contribution in [2.45, 2.75) is 57.6 Å². The summed E-state index contributed by atoms with van der Waals surface area (Å²) in [6, 6.07) is 21.7. The van der Waals surface area contributed by atoms with Crippen molar-refractivity contribution in [3.05, 3.63) is 86.0 Å². The molecule has 0 saturated heterocycles. The number of rotatable bonds is 8. The highest BCUT2D eigenvalue weighted by molar-refractivity contribution is 6.99. The zero-order valence-corrected chi connectivity index (χ0v) is 21.4. The summed E-state index contributed by atoms with van der Waals surface area (Å²) in [6.07, 6.45) is 7.41. The van der Waals surface area contributed by atoms with Crippen LogP contribution in [0.3, 0.4) is 0 Å². The molecule has 2 fully saturated rings. The summed E-state index contributed by atoms with van der Waals surface area (Å²) in [5.41, 5.74) is 0. The molecule has 33 heavy (non-hydrogen) atoms. The molecule has 2 aromatic rings. The van der Waals surface area contributed by atoms with Gasteiger partial charge in [-0.2, -0.15) is 0 Å². The number of benzene rings is 2. The highest BCUT2D eigenvalue weighted by Crippen LogP contribution is 2.54. The van der Waals surface area contributed by atoms with Crippen LogP contribution in [0.5, 0.6) is 0 Å². The van der Waals surface area contributed by atoms with Gasteiger partial charge in [-0.15, -0.1) is 13.2 Å². The van der Waals surface area contributed by atoms with Crippen LogP contribution >= 0.6 is 0 Å². The molecule has 2 aliphatic rings. The maximum Gasteiger partial charge on any atom is 0.261 e. The van der Waals surface area contributed by atoms with Crippen LogP contribution in [0.4, 0.5) is 0 Å². The Morgan fingerprint density at radius 3 is 1.97 bits per heavy atom. The number of carbonyl (C=O) groups is 1. The van der Waals surface area contributed by atoms with Crippen molar-refractivity contribution >= 4 is 24.5 Å². The molecule has 2 aromatic carbocycles. The zero-order valence-electron chi connectivity index (χ0n) is 20.4. The normalized spacial score (nSPS) is 27.4. The van der Waals surface area contributed by atoms with E-state index in [2.05, 4.69) is 94.6 Å². The van der Waals surface area contributed by atoms with Crippen LogP contribution in [0.25, 0.3) is 0 Å². The highest BCUT2D eigenvalue weighted by atomic mass is 28.4. The quantitative estimate of drug-likeness (QED) is 0.362. The maximum absolute atomic E-state index is 12.8. The van der Waals surface area contributed by atoms with E-state index in [0.717, 1.165) is 19.3 Å². The van der Waals surface area contributed by atoms with Crippen molar-refractivity contribution < 1.29 is 9.22 Å². The van der Waals surface area contributed by atoms with Crippen LogP contribution in [-0.2, 0) is 9.22 Å². The van der Waals surface area contributed by atoms with Gasteiger partial charge in [-0.3, -0.25) is 4.79 Å². The largest absolute Gasteiger partial charge is 0.404 e. The average molecular weight is 459 g/mol. The van der Waals surface area contributed by atoms with E-state index in [-0.39, 0.29) is 17.1 Å². The maximum atomic E-state index is 12.8. The first-order valence-corrected chi connectivity index (χ1v) is 14.3. The van der Waals surface area contributed by atoms with Gasteiger partial charge in [0.25, 0.3) is 8.32 Å². The summed E-state index contributed by atoms with van der Waals surface area (Å²) in [5, 5.41) is 2.58. The second-order valence-corrected chi connectivity index (χ2v) is 15.1. The Bertz CT molecular complexity index is 936. The van der Waals surface area contributed by atoms with Crippen molar-refractivity contribution in [3.8, 4) is 0 Å². The monoisotopic (exact) mass is 458 g/mol. The standard InChI is InChI=1S/C30H38O2Si/c1-6-14-25-27(31)20-22-21-28(26(15-7-2)29(22)25)32-33(30(3,4)5,23-16-10-8-11-17-23)24-18-12-9-13-19-24/h6-13,16-19,22,25-26,28-29H,1-2,14-15,20-21H2,3-5H3/t22-,25+,26-,28+,29+/m0/s1. The molecular weight excluding hydrogens is 420 g/mol. The third kappa shape index (κ3) is 4.22. The molecule has 0 unspecified atom stereocenters. The van der Waals surface area contributed by atoms with Crippen molar-refractivity contribution in [1.82, 2.24) is 0 Å². The molecule has 4 rings (SSSR count). The average Bonchev–Trinajstić information content (AvgIpc) is 3.28. The molecule has 174 valence electrons. The molecule has 2 aliphatic carbocycles. The number of hydrogen-bond donors (Lipinski definition) is 0. The molecule has 0 aliphatic heterocycles. The molecule has 0 amide bonds. The first kappa shape index (κ1) is 23.9. The topological polar surface area (TPSA) is 26.3 Å². The van der Waals surface area contributed by atoms with Crippen molar-refractivity contribution in [3.63, 3.8) is 0 Å². The summed E-state index contributed by atoms with van der Waals surface area (Å²) < 4.78 is 7.55. The smallest absolute Gasteiger partial charge is 0.261 e. The minimum absolute atomic E-state index is 0.0531. The molecule has 0 radical (unpaired) electrons. The first-order chi connectivity index (χ1) is 15.8. The van der Waals surface area contributed by atoms with Gasteiger partial charge in [-0.05, 0) is 52.4 Å². The summed E-state index contributed by atoms with van der Waals surface area (Å²) in [6.45, 7) is 15.0. The third-order valence-corrected chi connectivity index (χ3v) is 13.1. The lowest BCUT2D eigenvalue weighted by Crippen LogP contribution is -2.68. The zero-order chi connectivity index (χ0) is 23.6. The molecule has 2 nitrogen and oxygen atoms in total. The van der Waals surface area contributed by atoms with Gasteiger partial charge in [0.2, 0.25) is 0 Å². The summed E-state index contributed by atoms with van der Waals surface area (Å²) in [5.74, 6) is 1.62.